The third-order valence-corrected chi connectivity index (χ3v) is 1.19. The second-order valence-corrected chi connectivity index (χ2v) is 1.86. The molecule has 0 radical (unpaired) electrons. The summed E-state index contributed by atoms with van der Waals surface area (Å²) in [4.78, 5) is 10.8. The molecule has 0 aliphatic rings. The fourth-order valence-electron chi connectivity index (χ4n) is 0.692. The Morgan fingerprint density at radius 3 is 2.00 bits per heavy atom. The van der Waals surface area contributed by atoms with Crippen molar-refractivity contribution in [2.75, 3.05) is 7.11 Å². The topological polar surface area (TPSA) is 26.3 Å². The lowest BCUT2D eigenvalue weighted by Gasteiger charge is -1.95. The second kappa shape index (κ2) is 8.78. The van der Waals surface area contributed by atoms with Crippen LogP contribution >= 0.6 is 0 Å². The molecule has 2 heteroatoms. The van der Waals surface area contributed by atoms with Crippen LogP contribution in [0, 0.1) is 0 Å². The first-order valence-corrected chi connectivity index (χ1v) is 3.98. The number of hydrogen-bond donors (Lipinski definition) is 0. The summed E-state index contributed by atoms with van der Waals surface area (Å²) in [6, 6.07) is 8.88. The molecule has 0 unspecified atom stereocenters. The fraction of sp³-hybridized carbons (Fsp3) is 0.364. The van der Waals surface area contributed by atoms with E-state index in [0.717, 1.165) is 0 Å². The van der Waals surface area contributed by atoms with Gasteiger partial charge in [-0.1, -0.05) is 39.5 Å². The van der Waals surface area contributed by atoms with Gasteiger partial charge in [-0.3, -0.25) is 0 Å². The number of carbonyl (C=O) groups is 1. The molecular weight excluding hydrogens is 164 g/mol. The summed E-state index contributed by atoms with van der Waals surface area (Å²) in [5, 5.41) is 0. The van der Waals surface area contributed by atoms with Crippen molar-refractivity contribution in [1.82, 2.24) is 0 Å². The van der Waals surface area contributed by atoms with Gasteiger partial charge >= 0.3 is 5.97 Å². The maximum absolute atomic E-state index is 10.8. The summed E-state index contributed by atoms with van der Waals surface area (Å²) < 4.78 is 4.50. The Morgan fingerprint density at radius 1 is 1.15 bits per heavy atom. The van der Waals surface area contributed by atoms with Crippen molar-refractivity contribution in [2.45, 2.75) is 21.3 Å². The molecule has 74 valence electrons. The van der Waals surface area contributed by atoms with Crippen molar-refractivity contribution in [3.63, 3.8) is 0 Å². The molecule has 0 aromatic heterocycles. The van der Waals surface area contributed by atoms with Crippen LogP contribution in [0.2, 0.25) is 0 Å². The molecule has 2 nitrogen and oxygen atoms in total. The van der Waals surface area contributed by atoms with Crippen LogP contribution in [0.5, 0.6) is 0 Å². The molecule has 1 rings (SSSR count). The molecule has 0 amide bonds. The Morgan fingerprint density at radius 2 is 1.62 bits per heavy atom. The van der Waals surface area contributed by atoms with Crippen molar-refractivity contribution in [1.29, 1.82) is 0 Å². The number of benzene rings is 1. The van der Waals surface area contributed by atoms with Gasteiger partial charge in [0, 0.05) is 0 Å². The minimum absolute atomic E-state index is 0. The van der Waals surface area contributed by atoms with E-state index in [9.17, 15) is 4.79 Å². The zero-order valence-electron chi connectivity index (χ0n) is 7.70. The average Bonchev–Trinajstić information content (AvgIpc) is 2.21. The summed E-state index contributed by atoms with van der Waals surface area (Å²) in [5.74, 6) is -0.291. The normalized spacial score (nSPS) is 7.31. The third kappa shape index (κ3) is 5.01. The molecule has 0 aliphatic carbocycles. The summed E-state index contributed by atoms with van der Waals surface area (Å²) >= 11 is 0. The molecular formula is C11H18O2. The van der Waals surface area contributed by atoms with Gasteiger partial charge in [-0.2, -0.15) is 0 Å². The highest BCUT2D eigenvalue weighted by atomic mass is 16.5. The van der Waals surface area contributed by atoms with Crippen LogP contribution in [-0.4, -0.2) is 13.1 Å². The second-order valence-electron chi connectivity index (χ2n) is 1.86. The van der Waals surface area contributed by atoms with Gasteiger partial charge in [-0.05, 0) is 12.1 Å². The maximum Gasteiger partial charge on any atom is 0.337 e. The van der Waals surface area contributed by atoms with Crippen LogP contribution < -0.4 is 0 Å². The van der Waals surface area contributed by atoms with Gasteiger partial charge in [-0.15, -0.1) is 0 Å². The Labute approximate surface area is 80.5 Å². The van der Waals surface area contributed by atoms with Gasteiger partial charge in [0.25, 0.3) is 0 Å². The van der Waals surface area contributed by atoms with Crippen molar-refractivity contribution >= 4 is 5.97 Å². The fourth-order valence-corrected chi connectivity index (χ4v) is 0.692. The van der Waals surface area contributed by atoms with Gasteiger partial charge in [0.05, 0.1) is 12.7 Å². The number of ether oxygens (including phenoxy) is 1. The SMILES string of the molecule is C.CC.COC(=O)c1ccccc1. The highest BCUT2D eigenvalue weighted by Crippen LogP contribution is 1.98. The standard InChI is InChI=1S/C8H8O2.C2H6.CH4/c1-10-8(9)7-5-3-2-4-6-7;1-2;/h2-6H,1H3;1-2H3;1H4. The number of esters is 1. The maximum atomic E-state index is 10.8. The molecule has 0 aliphatic heterocycles. The van der Waals surface area contributed by atoms with E-state index in [0.29, 0.717) is 5.56 Å². The van der Waals surface area contributed by atoms with E-state index in [1.54, 1.807) is 24.3 Å². The Kier molecular flexibility index (Phi) is 9.61. The summed E-state index contributed by atoms with van der Waals surface area (Å²) in [5.41, 5.74) is 0.588. The Hall–Kier alpha value is -1.31. The molecule has 13 heavy (non-hydrogen) atoms. The van der Waals surface area contributed by atoms with Crippen LogP contribution in [-0.2, 0) is 4.74 Å². The minimum Gasteiger partial charge on any atom is -0.465 e. The van der Waals surface area contributed by atoms with Crippen LogP contribution in [0.25, 0.3) is 0 Å². The predicted molar refractivity (Wildman–Crippen MR) is 55.9 cm³/mol. The first-order valence-electron chi connectivity index (χ1n) is 3.98. The van der Waals surface area contributed by atoms with E-state index in [1.807, 2.05) is 19.9 Å². The van der Waals surface area contributed by atoms with Crippen LogP contribution in [0.1, 0.15) is 31.6 Å². The molecule has 0 heterocycles. The van der Waals surface area contributed by atoms with E-state index >= 15 is 0 Å². The molecule has 0 saturated carbocycles. The highest BCUT2D eigenvalue weighted by molar-refractivity contribution is 5.89. The number of hydrogen-bond acceptors (Lipinski definition) is 2. The number of carbonyl (C=O) groups excluding carboxylic acids is 1. The highest BCUT2D eigenvalue weighted by Gasteiger charge is 2.00. The molecule has 0 saturated heterocycles. The van der Waals surface area contributed by atoms with Crippen molar-refractivity contribution < 1.29 is 9.53 Å². The molecule has 1 aromatic carbocycles. The molecule has 0 spiro atoms. The smallest absolute Gasteiger partial charge is 0.337 e. The number of rotatable bonds is 1. The van der Waals surface area contributed by atoms with E-state index in [2.05, 4.69) is 4.74 Å². The van der Waals surface area contributed by atoms with E-state index in [4.69, 9.17) is 0 Å². The molecule has 0 bridgehead atoms. The lowest BCUT2D eigenvalue weighted by molar-refractivity contribution is 0.0601. The lowest BCUT2D eigenvalue weighted by atomic mass is 10.2. The average molecular weight is 182 g/mol. The Bertz CT molecular complexity index is 217. The zero-order chi connectivity index (χ0) is 9.40. The van der Waals surface area contributed by atoms with E-state index in [1.165, 1.54) is 7.11 Å². The van der Waals surface area contributed by atoms with Crippen LogP contribution in [0.15, 0.2) is 30.3 Å². The third-order valence-electron chi connectivity index (χ3n) is 1.19. The first-order chi connectivity index (χ1) is 5.84. The van der Waals surface area contributed by atoms with Gasteiger partial charge in [0.2, 0.25) is 0 Å². The largest absolute Gasteiger partial charge is 0.465 e. The molecule has 0 N–H and O–H groups in total. The monoisotopic (exact) mass is 182 g/mol. The predicted octanol–water partition coefficient (Wildman–Crippen LogP) is 3.14. The van der Waals surface area contributed by atoms with E-state index < -0.39 is 0 Å². The quantitative estimate of drug-likeness (QED) is 0.624. The van der Waals surface area contributed by atoms with Crippen molar-refractivity contribution in [2.24, 2.45) is 0 Å². The van der Waals surface area contributed by atoms with Gasteiger partial charge in [-0.25, -0.2) is 4.79 Å². The lowest BCUT2D eigenvalue weighted by Crippen LogP contribution is -1.99. The van der Waals surface area contributed by atoms with Gasteiger partial charge < -0.3 is 4.74 Å². The summed E-state index contributed by atoms with van der Waals surface area (Å²) in [7, 11) is 1.37. The van der Waals surface area contributed by atoms with Gasteiger partial charge in [0.1, 0.15) is 0 Å². The van der Waals surface area contributed by atoms with Crippen LogP contribution in [0.3, 0.4) is 0 Å². The summed E-state index contributed by atoms with van der Waals surface area (Å²) in [6.45, 7) is 4.00. The van der Waals surface area contributed by atoms with Crippen molar-refractivity contribution in [3.8, 4) is 0 Å². The molecule has 0 atom stereocenters. The van der Waals surface area contributed by atoms with Gasteiger partial charge in [0.15, 0.2) is 0 Å². The van der Waals surface area contributed by atoms with Crippen molar-refractivity contribution in [3.05, 3.63) is 35.9 Å². The Balaban J connectivity index is 0. The zero-order valence-corrected chi connectivity index (χ0v) is 7.70. The minimum atomic E-state index is -0.291. The first kappa shape index (κ1) is 14.2. The van der Waals surface area contributed by atoms with Crippen LogP contribution in [0.4, 0.5) is 0 Å². The summed E-state index contributed by atoms with van der Waals surface area (Å²) in [6.07, 6.45) is 0. The molecule has 0 fully saturated rings. The number of methoxy groups -OCH3 is 1. The van der Waals surface area contributed by atoms with E-state index in [-0.39, 0.29) is 13.4 Å². The molecule has 1 aromatic rings.